The fraction of sp³-hybridized carbons (Fsp3) is 0.217. The predicted molar refractivity (Wildman–Crippen MR) is 106 cm³/mol. The molecule has 0 radical (unpaired) electrons. The van der Waals surface area contributed by atoms with Crippen LogP contribution < -0.4 is 17.0 Å². The number of benzene rings is 3. The zero-order valence-electron chi connectivity index (χ0n) is 15.3. The highest BCUT2D eigenvalue weighted by atomic mass is 79.9. The molecule has 0 amide bonds. The Bertz CT molecular complexity index is 880. The minimum Gasteiger partial charge on any atom is -1.00 e. The number of nitrogens with zero attached hydrogens (tertiary/aromatic N) is 1. The fourth-order valence-electron chi connectivity index (χ4n) is 4.35. The van der Waals surface area contributed by atoms with Gasteiger partial charge < -0.3 is 21.5 Å². The summed E-state index contributed by atoms with van der Waals surface area (Å²) in [6.45, 7) is 0. The lowest BCUT2D eigenvalue weighted by molar-refractivity contribution is -0.924. The molecule has 0 aromatic heterocycles. The molecule has 0 saturated heterocycles. The SMILES string of the molecule is C[N+](C)(C)C1(Cc2ccc(Cl)cc2)c2ccccc2-c2ccccc21.[Br-]. The maximum Gasteiger partial charge on any atom is 0.155 e. The van der Waals surface area contributed by atoms with Gasteiger partial charge in [-0.25, -0.2) is 0 Å². The van der Waals surface area contributed by atoms with Crippen LogP contribution in [-0.4, -0.2) is 25.6 Å². The van der Waals surface area contributed by atoms with Gasteiger partial charge in [0.2, 0.25) is 0 Å². The van der Waals surface area contributed by atoms with Crippen LogP contribution in [0.3, 0.4) is 0 Å². The molecule has 3 aromatic rings. The van der Waals surface area contributed by atoms with Gasteiger partial charge >= 0.3 is 0 Å². The number of quaternary nitrogens is 1. The Morgan fingerprint density at radius 3 is 1.65 bits per heavy atom. The first-order chi connectivity index (χ1) is 11.9. The molecule has 0 spiro atoms. The lowest BCUT2D eigenvalue weighted by atomic mass is 9.79. The van der Waals surface area contributed by atoms with Gasteiger partial charge in [-0.2, -0.15) is 0 Å². The van der Waals surface area contributed by atoms with Gasteiger partial charge in [-0.05, 0) is 28.8 Å². The highest BCUT2D eigenvalue weighted by Gasteiger charge is 2.52. The molecule has 1 nitrogen and oxygen atoms in total. The summed E-state index contributed by atoms with van der Waals surface area (Å²) in [7, 11) is 6.90. The van der Waals surface area contributed by atoms with E-state index in [1.165, 1.54) is 27.8 Å². The maximum atomic E-state index is 6.11. The zero-order chi connectivity index (χ0) is 17.7. The molecule has 0 bridgehead atoms. The Morgan fingerprint density at radius 1 is 0.731 bits per heavy atom. The van der Waals surface area contributed by atoms with Gasteiger partial charge in [-0.3, -0.25) is 0 Å². The van der Waals surface area contributed by atoms with Crippen LogP contribution in [0.25, 0.3) is 11.1 Å². The molecule has 4 rings (SSSR count). The Kier molecular flexibility index (Phi) is 5.04. The zero-order valence-corrected chi connectivity index (χ0v) is 17.7. The van der Waals surface area contributed by atoms with Crippen LogP contribution >= 0.6 is 11.6 Å². The lowest BCUT2D eigenvalue weighted by Gasteiger charge is -2.45. The van der Waals surface area contributed by atoms with Gasteiger partial charge in [-0.15, -0.1) is 0 Å². The summed E-state index contributed by atoms with van der Waals surface area (Å²) in [6, 6.07) is 26.0. The molecule has 0 heterocycles. The summed E-state index contributed by atoms with van der Waals surface area (Å²) in [5, 5.41) is 0.787. The molecular formula is C23H23BrClN. The Morgan fingerprint density at radius 2 is 1.19 bits per heavy atom. The van der Waals surface area contributed by atoms with Gasteiger partial charge in [0.15, 0.2) is 5.54 Å². The second-order valence-electron chi connectivity index (χ2n) is 7.77. The summed E-state index contributed by atoms with van der Waals surface area (Å²) >= 11 is 6.11. The number of hydrogen-bond acceptors (Lipinski definition) is 0. The molecule has 3 aromatic carbocycles. The number of hydrogen-bond donors (Lipinski definition) is 0. The van der Waals surface area contributed by atoms with Crippen LogP contribution in [0.4, 0.5) is 0 Å². The predicted octanol–water partition coefficient (Wildman–Crippen LogP) is 2.52. The second kappa shape index (κ2) is 6.84. The van der Waals surface area contributed by atoms with E-state index < -0.39 is 0 Å². The molecular weight excluding hydrogens is 406 g/mol. The van der Waals surface area contributed by atoms with Gasteiger partial charge in [0.1, 0.15) is 0 Å². The van der Waals surface area contributed by atoms with Crippen molar-refractivity contribution in [3.8, 4) is 11.1 Å². The monoisotopic (exact) mass is 427 g/mol. The van der Waals surface area contributed by atoms with Crippen molar-refractivity contribution in [1.29, 1.82) is 0 Å². The number of fused-ring (bicyclic) bond motifs is 3. The summed E-state index contributed by atoms with van der Waals surface area (Å²) in [5.74, 6) is 0. The standard InChI is InChI=1S/C23H23ClN.BrH/c1-25(2,3)23(16-17-12-14-18(24)15-13-17)21-10-6-4-8-19(21)20-9-5-7-11-22(20)23;/h4-15H,16H2,1-3H3;1H/q+1;/p-1. The summed E-state index contributed by atoms with van der Waals surface area (Å²) < 4.78 is 0.837. The average molecular weight is 429 g/mol. The third kappa shape index (κ3) is 2.81. The van der Waals surface area contributed by atoms with E-state index in [4.69, 9.17) is 11.6 Å². The first-order valence-corrected chi connectivity index (χ1v) is 9.07. The first-order valence-electron chi connectivity index (χ1n) is 8.69. The molecule has 0 N–H and O–H groups in total. The van der Waals surface area contributed by atoms with Crippen molar-refractivity contribution < 1.29 is 21.5 Å². The van der Waals surface area contributed by atoms with Crippen LogP contribution in [0.1, 0.15) is 16.7 Å². The van der Waals surface area contributed by atoms with Crippen LogP contribution in [0.5, 0.6) is 0 Å². The first kappa shape index (κ1) is 19.2. The summed E-state index contributed by atoms with van der Waals surface area (Å²) in [6.07, 6.45) is 0.946. The molecule has 0 atom stereocenters. The molecule has 1 aliphatic carbocycles. The van der Waals surface area contributed by atoms with Gasteiger partial charge in [-0.1, -0.05) is 72.3 Å². The van der Waals surface area contributed by atoms with E-state index in [2.05, 4.69) is 81.8 Å². The fourth-order valence-corrected chi connectivity index (χ4v) is 4.48. The number of rotatable bonds is 3. The van der Waals surface area contributed by atoms with Crippen molar-refractivity contribution >= 4 is 11.6 Å². The van der Waals surface area contributed by atoms with Crippen molar-refractivity contribution in [2.24, 2.45) is 0 Å². The molecule has 26 heavy (non-hydrogen) atoms. The molecule has 0 saturated carbocycles. The normalized spacial score (nSPS) is 14.3. The molecule has 0 aliphatic heterocycles. The lowest BCUT2D eigenvalue weighted by Crippen LogP contribution is -3.00. The Balaban J connectivity index is 0.00000196. The molecule has 1 aliphatic rings. The molecule has 3 heteroatoms. The van der Waals surface area contributed by atoms with E-state index in [0.29, 0.717) is 0 Å². The molecule has 0 fully saturated rings. The smallest absolute Gasteiger partial charge is 0.155 e. The van der Waals surface area contributed by atoms with Crippen LogP contribution in [0.2, 0.25) is 5.02 Å². The van der Waals surface area contributed by atoms with Crippen molar-refractivity contribution in [2.45, 2.75) is 12.0 Å². The second-order valence-corrected chi connectivity index (χ2v) is 8.20. The van der Waals surface area contributed by atoms with Gasteiger partial charge in [0.05, 0.1) is 21.1 Å². The number of halogens is 2. The van der Waals surface area contributed by atoms with E-state index in [1.54, 1.807) is 0 Å². The van der Waals surface area contributed by atoms with Crippen molar-refractivity contribution in [3.05, 3.63) is 94.5 Å². The van der Waals surface area contributed by atoms with E-state index in [0.717, 1.165) is 15.9 Å². The molecule has 134 valence electrons. The average Bonchev–Trinajstić information content (AvgIpc) is 2.89. The van der Waals surface area contributed by atoms with Crippen molar-refractivity contribution in [3.63, 3.8) is 0 Å². The van der Waals surface area contributed by atoms with Crippen molar-refractivity contribution in [2.75, 3.05) is 21.1 Å². The van der Waals surface area contributed by atoms with E-state index in [1.807, 2.05) is 12.1 Å². The highest BCUT2D eigenvalue weighted by molar-refractivity contribution is 6.30. The maximum absolute atomic E-state index is 6.11. The van der Waals surface area contributed by atoms with Crippen LogP contribution in [-0.2, 0) is 12.0 Å². The van der Waals surface area contributed by atoms with E-state index in [-0.39, 0.29) is 22.5 Å². The number of likely N-dealkylation sites (N-methyl/N-ethyl adjacent to an activating group) is 1. The highest BCUT2D eigenvalue weighted by Crippen LogP contribution is 2.53. The van der Waals surface area contributed by atoms with E-state index in [9.17, 15) is 0 Å². The van der Waals surface area contributed by atoms with Crippen molar-refractivity contribution in [1.82, 2.24) is 0 Å². The van der Waals surface area contributed by atoms with Gasteiger partial charge in [0, 0.05) is 22.6 Å². The Hall–Kier alpha value is -1.61. The summed E-state index contributed by atoms with van der Waals surface area (Å²) in [4.78, 5) is 0. The van der Waals surface area contributed by atoms with E-state index >= 15 is 0 Å². The minimum atomic E-state index is -0.110. The Labute approximate surface area is 171 Å². The quantitative estimate of drug-likeness (QED) is 0.562. The largest absolute Gasteiger partial charge is 1.00 e. The third-order valence-corrected chi connectivity index (χ3v) is 5.81. The molecule has 0 unspecified atom stereocenters. The van der Waals surface area contributed by atoms with Crippen LogP contribution in [0, 0.1) is 0 Å². The summed E-state index contributed by atoms with van der Waals surface area (Å²) in [5.41, 5.74) is 6.75. The minimum absolute atomic E-state index is 0. The van der Waals surface area contributed by atoms with Gasteiger partial charge in [0.25, 0.3) is 0 Å². The third-order valence-electron chi connectivity index (χ3n) is 5.55. The van der Waals surface area contributed by atoms with Crippen LogP contribution in [0.15, 0.2) is 72.8 Å². The topological polar surface area (TPSA) is 0 Å².